The quantitative estimate of drug-likeness (QED) is 0.146. The molecule has 29 heavy (non-hydrogen) atoms. The smallest absolute Gasteiger partial charge is 0.304 e. The van der Waals surface area contributed by atoms with Gasteiger partial charge in [-0.1, -0.05) is 69.7 Å². The Bertz CT molecular complexity index is 595. The highest BCUT2D eigenvalue weighted by Crippen LogP contribution is 2.41. The molecule has 1 aromatic carbocycles. The predicted molar refractivity (Wildman–Crippen MR) is 131 cm³/mol. The number of aryl methyl sites for hydroxylation is 1. The summed E-state index contributed by atoms with van der Waals surface area (Å²) in [7, 11) is 0. The third kappa shape index (κ3) is 13.0. The van der Waals surface area contributed by atoms with Crippen molar-refractivity contribution >= 4 is 29.5 Å². The first kappa shape index (κ1) is 26.0. The van der Waals surface area contributed by atoms with E-state index in [0.29, 0.717) is 10.3 Å². The molecule has 1 N–H and O–H groups in total. The van der Waals surface area contributed by atoms with Gasteiger partial charge in [-0.2, -0.15) is 0 Å². The lowest BCUT2D eigenvalue weighted by Crippen LogP contribution is -2.02. The van der Waals surface area contributed by atoms with Gasteiger partial charge in [0.15, 0.2) is 0 Å². The SMILES string of the molecule is C#CCCCCCCCCCCc1ccccc1C(SCCC)SCCC(=O)O. The standard InChI is InChI=1S/C25H38O2S2/c1-3-5-6-7-8-9-10-11-12-13-16-22-17-14-15-18-23(22)25(28-20-4-2)29-21-19-24(26)27/h1,14-15,17-18,25H,4-13,16,19-21H2,2H3,(H,26,27). The molecule has 0 radical (unpaired) electrons. The molecule has 0 saturated carbocycles. The number of carbonyl (C=O) groups is 1. The molecule has 4 heteroatoms. The number of rotatable bonds is 18. The molecule has 0 aliphatic rings. The molecule has 0 heterocycles. The van der Waals surface area contributed by atoms with Crippen LogP contribution in [0.3, 0.4) is 0 Å². The minimum Gasteiger partial charge on any atom is -0.481 e. The lowest BCUT2D eigenvalue weighted by Gasteiger charge is -2.20. The summed E-state index contributed by atoms with van der Waals surface area (Å²) < 4.78 is 0.341. The zero-order chi connectivity index (χ0) is 21.2. The third-order valence-electron chi connectivity index (χ3n) is 4.88. The molecule has 0 aliphatic heterocycles. The van der Waals surface area contributed by atoms with Crippen molar-refractivity contribution in [2.75, 3.05) is 11.5 Å². The Morgan fingerprint density at radius 2 is 1.62 bits per heavy atom. The van der Waals surface area contributed by atoms with Crippen LogP contribution in [0.4, 0.5) is 0 Å². The summed E-state index contributed by atoms with van der Waals surface area (Å²) in [6, 6.07) is 8.76. The fraction of sp³-hybridized carbons (Fsp3) is 0.640. The lowest BCUT2D eigenvalue weighted by molar-refractivity contribution is -0.136. The highest BCUT2D eigenvalue weighted by atomic mass is 32.2. The first-order valence-corrected chi connectivity index (χ1v) is 13.2. The van der Waals surface area contributed by atoms with E-state index in [1.54, 1.807) is 11.8 Å². The van der Waals surface area contributed by atoms with E-state index in [-0.39, 0.29) is 6.42 Å². The highest BCUT2D eigenvalue weighted by Gasteiger charge is 2.16. The zero-order valence-electron chi connectivity index (χ0n) is 18.0. The average Bonchev–Trinajstić information content (AvgIpc) is 2.72. The number of thioether (sulfide) groups is 2. The van der Waals surface area contributed by atoms with Crippen molar-refractivity contribution in [3.63, 3.8) is 0 Å². The Balaban J connectivity index is 2.41. The van der Waals surface area contributed by atoms with Crippen molar-refractivity contribution in [2.24, 2.45) is 0 Å². The minimum atomic E-state index is -0.707. The van der Waals surface area contributed by atoms with Gasteiger partial charge in [-0.3, -0.25) is 4.79 Å². The van der Waals surface area contributed by atoms with Crippen LogP contribution in [-0.4, -0.2) is 22.6 Å². The van der Waals surface area contributed by atoms with E-state index >= 15 is 0 Å². The van der Waals surface area contributed by atoms with Crippen molar-refractivity contribution in [3.8, 4) is 12.3 Å². The first-order chi connectivity index (χ1) is 14.2. The van der Waals surface area contributed by atoms with Crippen LogP contribution in [0.25, 0.3) is 0 Å². The number of unbranched alkanes of at least 4 members (excludes halogenated alkanes) is 8. The van der Waals surface area contributed by atoms with Crippen LogP contribution in [0.1, 0.15) is 93.3 Å². The molecule has 2 nitrogen and oxygen atoms in total. The number of carboxylic acids is 1. The summed E-state index contributed by atoms with van der Waals surface area (Å²) in [4.78, 5) is 10.9. The Morgan fingerprint density at radius 1 is 1.00 bits per heavy atom. The van der Waals surface area contributed by atoms with Crippen molar-refractivity contribution in [3.05, 3.63) is 35.4 Å². The number of aliphatic carboxylic acids is 1. The van der Waals surface area contributed by atoms with E-state index < -0.39 is 5.97 Å². The summed E-state index contributed by atoms with van der Waals surface area (Å²) in [6.07, 6.45) is 19.0. The maximum absolute atomic E-state index is 10.9. The number of hydrogen-bond donors (Lipinski definition) is 1. The molecule has 0 aliphatic carbocycles. The second-order valence-electron chi connectivity index (χ2n) is 7.45. The topological polar surface area (TPSA) is 37.3 Å². The fourth-order valence-electron chi connectivity index (χ4n) is 3.30. The van der Waals surface area contributed by atoms with Gasteiger partial charge in [0.05, 0.1) is 11.0 Å². The number of hydrogen-bond acceptors (Lipinski definition) is 3. The molecule has 1 atom stereocenters. The molecule has 0 aromatic heterocycles. The fourth-order valence-corrected chi connectivity index (χ4v) is 6.04. The molecule has 162 valence electrons. The Labute approximate surface area is 187 Å². The van der Waals surface area contributed by atoms with Crippen molar-refractivity contribution in [1.82, 2.24) is 0 Å². The lowest BCUT2D eigenvalue weighted by atomic mass is 10.0. The molecule has 1 rings (SSSR count). The van der Waals surface area contributed by atoms with Crippen LogP contribution >= 0.6 is 23.5 Å². The summed E-state index contributed by atoms with van der Waals surface area (Å²) in [5.41, 5.74) is 2.84. The average molecular weight is 435 g/mol. The maximum Gasteiger partial charge on any atom is 0.304 e. The van der Waals surface area contributed by atoms with Gasteiger partial charge >= 0.3 is 5.97 Å². The Hall–Kier alpha value is -1.05. The molecule has 0 saturated heterocycles. The highest BCUT2D eigenvalue weighted by molar-refractivity contribution is 8.16. The molecule has 1 unspecified atom stereocenters. The van der Waals surface area contributed by atoms with Gasteiger partial charge in [0.25, 0.3) is 0 Å². The van der Waals surface area contributed by atoms with E-state index in [1.807, 2.05) is 11.8 Å². The van der Waals surface area contributed by atoms with Gasteiger partial charge in [0.1, 0.15) is 0 Å². The normalized spacial score (nSPS) is 11.9. The molecule has 0 bridgehead atoms. The first-order valence-electron chi connectivity index (χ1n) is 11.1. The maximum atomic E-state index is 10.9. The minimum absolute atomic E-state index is 0.235. The Morgan fingerprint density at radius 3 is 2.28 bits per heavy atom. The van der Waals surface area contributed by atoms with Crippen LogP contribution in [0, 0.1) is 12.3 Å². The summed E-state index contributed by atoms with van der Waals surface area (Å²) in [6.45, 7) is 2.20. The van der Waals surface area contributed by atoms with Crippen molar-refractivity contribution in [2.45, 2.75) is 88.6 Å². The van der Waals surface area contributed by atoms with Crippen molar-refractivity contribution < 1.29 is 9.90 Å². The van der Waals surface area contributed by atoms with Crippen molar-refractivity contribution in [1.29, 1.82) is 0 Å². The second kappa shape index (κ2) is 17.8. The van der Waals surface area contributed by atoms with Gasteiger partial charge in [0.2, 0.25) is 0 Å². The molecular formula is C25H38O2S2. The van der Waals surface area contributed by atoms with E-state index in [9.17, 15) is 4.79 Å². The largest absolute Gasteiger partial charge is 0.481 e. The summed E-state index contributed by atoms with van der Waals surface area (Å²) >= 11 is 3.74. The number of benzene rings is 1. The second-order valence-corrected chi connectivity index (χ2v) is 10.2. The monoisotopic (exact) mass is 434 g/mol. The van der Waals surface area contributed by atoms with E-state index in [2.05, 4.69) is 37.1 Å². The summed E-state index contributed by atoms with van der Waals surface area (Å²) in [5, 5.41) is 8.96. The molecule has 0 spiro atoms. The van der Waals surface area contributed by atoms with Crippen LogP contribution in [0.5, 0.6) is 0 Å². The summed E-state index contributed by atoms with van der Waals surface area (Å²) in [5.74, 6) is 3.79. The molecular weight excluding hydrogens is 396 g/mol. The zero-order valence-corrected chi connectivity index (χ0v) is 19.7. The van der Waals surface area contributed by atoms with E-state index in [1.165, 1.54) is 62.5 Å². The van der Waals surface area contributed by atoms with Crippen LogP contribution in [0.2, 0.25) is 0 Å². The molecule has 1 aromatic rings. The van der Waals surface area contributed by atoms with E-state index in [4.69, 9.17) is 11.5 Å². The van der Waals surface area contributed by atoms with Gasteiger partial charge in [0, 0.05) is 12.2 Å². The van der Waals surface area contributed by atoms with Crippen LogP contribution in [0.15, 0.2) is 24.3 Å². The molecule has 0 amide bonds. The third-order valence-corrected chi connectivity index (χ3v) is 7.90. The van der Waals surface area contributed by atoms with Gasteiger partial charge in [-0.15, -0.1) is 35.9 Å². The predicted octanol–water partition coefficient (Wildman–Crippen LogP) is 7.72. The van der Waals surface area contributed by atoms with Crippen LogP contribution < -0.4 is 0 Å². The van der Waals surface area contributed by atoms with Crippen LogP contribution in [-0.2, 0) is 11.2 Å². The van der Waals surface area contributed by atoms with Gasteiger partial charge in [-0.25, -0.2) is 0 Å². The Kier molecular flexibility index (Phi) is 15.9. The van der Waals surface area contributed by atoms with E-state index in [0.717, 1.165) is 25.0 Å². The molecule has 0 fully saturated rings. The number of carboxylic acid groups (broad SMARTS) is 1. The van der Waals surface area contributed by atoms with Gasteiger partial charge < -0.3 is 5.11 Å². The number of terminal acetylenes is 1. The van der Waals surface area contributed by atoms with Gasteiger partial charge in [-0.05, 0) is 42.6 Å².